The van der Waals surface area contributed by atoms with E-state index in [0.717, 1.165) is 21.5 Å². The highest BCUT2D eigenvalue weighted by molar-refractivity contribution is 7.09. The number of ether oxygens (including phenoxy) is 1. The minimum atomic E-state index is -0.550. The molecule has 0 fully saturated rings. The van der Waals surface area contributed by atoms with E-state index in [4.69, 9.17) is 9.15 Å². The summed E-state index contributed by atoms with van der Waals surface area (Å²) >= 11 is 1.66. The van der Waals surface area contributed by atoms with Crippen molar-refractivity contribution < 1.29 is 9.15 Å². The number of H-pyrrole nitrogens is 1. The van der Waals surface area contributed by atoms with Gasteiger partial charge in [-0.3, -0.25) is 9.69 Å². The smallest absolute Gasteiger partial charge is 0.253 e. The van der Waals surface area contributed by atoms with Crippen molar-refractivity contribution in [2.75, 3.05) is 7.11 Å². The highest BCUT2D eigenvalue weighted by Gasteiger charge is 2.34. The predicted molar refractivity (Wildman–Crippen MR) is 138 cm³/mol. The van der Waals surface area contributed by atoms with Crippen LogP contribution in [0.3, 0.4) is 0 Å². The van der Waals surface area contributed by atoms with Gasteiger partial charge >= 0.3 is 0 Å². The first kappa shape index (κ1) is 24.0. The van der Waals surface area contributed by atoms with E-state index in [0.29, 0.717) is 30.2 Å². The lowest BCUT2D eigenvalue weighted by Gasteiger charge is -2.32. The lowest BCUT2D eigenvalue weighted by Crippen LogP contribution is -2.37. The minimum Gasteiger partial charge on any atom is -0.497 e. The maximum atomic E-state index is 13.6. The van der Waals surface area contributed by atoms with E-state index >= 15 is 0 Å². The third-order valence-electron chi connectivity index (χ3n) is 5.99. The van der Waals surface area contributed by atoms with Crippen LogP contribution in [0.1, 0.15) is 48.8 Å². The van der Waals surface area contributed by atoms with Crippen molar-refractivity contribution in [3.05, 3.63) is 92.6 Å². The molecule has 4 aromatic heterocycles. The van der Waals surface area contributed by atoms with Crippen LogP contribution in [-0.2, 0) is 18.6 Å². The second kappa shape index (κ2) is 9.71. The summed E-state index contributed by atoms with van der Waals surface area (Å²) in [5.41, 5.74) is 0.675. The van der Waals surface area contributed by atoms with Crippen molar-refractivity contribution in [1.29, 1.82) is 0 Å². The molecule has 10 heteroatoms. The highest BCUT2D eigenvalue weighted by Crippen LogP contribution is 2.33. The zero-order chi connectivity index (χ0) is 25.3. The van der Waals surface area contributed by atoms with Crippen molar-refractivity contribution >= 4 is 22.2 Å². The van der Waals surface area contributed by atoms with Gasteiger partial charge in [-0.05, 0) is 79.0 Å². The summed E-state index contributed by atoms with van der Waals surface area (Å²) in [6.45, 7) is 7.15. The molecule has 1 aromatic carbocycles. The van der Waals surface area contributed by atoms with Crippen LogP contribution in [-0.4, -0.2) is 37.2 Å². The van der Waals surface area contributed by atoms with Gasteiger partial charge in [0, 0.05) is 27.9 Å². The fraction of sp³-hybridized carbons (Fsp3) is 0.308. The third kappa shape index (κ3) is 4.82. The van der Waals surface area contributed by atoms with Crippen molar-refractivity contribution in [2.45, 2.75) is 45.4 Å². The number of aromatic amines is 1. The van der Waals surface area contributed by atoms with Crippen LogP contribution in [0.25, 0.3) is 10.9 Å². The van der Waals surface area contributed by atoms with Crippen molar-refractivity contribution in [2.24, 2.45) is 0 Å². The lowest BCUT2D eigenvalue weighted by atomic mass is 10.0. The van der Waals surface area contributed by atoms with Crippen LogP contribution in [0.4, 0.5) is 0 Å². The average Bonchev–Trinajstić information content (AvgIpc) is 3.62. The largest absolute Gasteiger partial charge is 0.497 e. The van der Waals surface area contributed by atoms with Gasteiger partial charge in [-0.1, -0.05) is 6.07 Å². The van der Waals surface area contributed by atoms with Gasteiger partial charge in [0.2, 0.25) is 0 Å². The number of aromatic nitrogens is 5. The molecule has 36 heavy (non-hydrogen) atoms. The van der Waals surface area contributed by atoms with Gasteiger partial charge in [-0.2, -0.15) is 0 Å². The van der Waals surface area contributed by atoms with E-state index < -0.39 is 11.6 Å². The van der Waals surface area contributed by atoms with E-state index in [2.05, 4.69) is 31.5 Å². The van der Waals surface area contributed by atoms with Crippen LogP contribution in [0.2, 0.25) is 0 Å². The normalized spacial score (nSPS) is 12.9. The third-order valence-corrected chi connectivity index (χ3v) is 6.85. The first-order valence-corrected chi connectivity index (χ1v) is 12.5. The Kier molecular flexibility index (Phi) is 6.46. The standard InChI is InChI=1S/C26H28N6O3S/c1-26(2,3)32-24(28-29-30-32)23(21-14-17-13-18(34-4)9-10-22(17)27-25(21)33)31(15-19-7-5-11-35-19)16-20-8-6-12-36-20/h5-14,23H,15-16H2,1-4H3,(H,27,33)/t23-/m1/s1. The molecule has 5 aromatic rings. The molecule has 0 aliphatic rings. The lowest BCUT2D eigenvalue weighted by molar-refractivity contribution is 0.173. The van der Waals surface area contributed by atoms with Crippen LogP contribution in [0.15, 0.2) is 69.4 Å². The summed E-state index contributed by atoms with van der Waals surface area (Å²) in [6.07, 6.45) is 1.65. The van der Waals surface area contributed by atoms with Crippen LogP contribution >= 0.6 is 11.3 Å². The van der Waals surface area contributed by atoms with E-state index in [1.807, 2.05) is 68.6 Å². The van der Waals surface area contributed by atoms with Gasteiger partial charge in [-0.15, -0.1) is 16.4 Å². The van der Waals surface area contributed by atoms with Gasteiger partial charge < -0.3 is 14.1 Å². The van der Waals surface area contributed by atoms with E-state index in [-0.39, 0.29) is 5.56 Å². The zero-order valence-electron chi connectivity index (χ0n) is 20.6. The summed E-state index contributed by atoms with van der Waals surface area (Å²) in [5.74, 6) is 2.08. The first-order valence-electron chi connectivity index (χ1n) is 11.6. The van der Waals surface area contributed by atoms with E-state index in [1.165, 1.54) is 0 Å². The van der Waals surface area contributed by atoms with Gasteiger partial charge in [0.1, 0.15) is 17.6 Å². The number of thiophene rings is 1. The maximum absolute atomic E-state index is 13.6. The zero-order valence-corrected chi connectivity index (χ0v) is 21.5. The first-order chi connectivity index (χ1) is 17.3. The molecule has 0 aliphatic heterocycles. The number of hydrogen-bond donors (Lipinski definition) is 1. The molecular weight excluding hydrogens is 476 g/mol. The summed E-state index contributed by atoms with van der Waals surface area (Å²) in [5, 5.41) is 15.7. The number of furan rings is 1. The summed E-state index contributed by atoms with van der Waals surface area (Å²) < 4.78 is 12.9. The van der Waals surface area contributed by atoms with Crippen LogP contribution in [0.5, 0.6) is 5.75 Å². The van der Waals surface area contributed by atoms with Crippen molar-refractivity contribution in [3.8, 4) is 5.75 Å². The fourth-order valence-electron chi connectivity index (χ4n) is 4.32. The quantitative estimate of drug-likeness (QED) is 0.326. The second-order valence-electron chi connectivity index (χ2n) is 9.59. The summed E-state index contributed by atoms with van der Waals surface area (Å²) in [4.78, 5) is 20.0. The Bertz CT molecular complexity index is 1460. The Labute approximate surface area is 212 Å². The molecule has 0 bridgehead atoms. The molecule has 0 spiro atoms. The van der Waals surface area contributed by atoms with E-state index in [1.54, 1.807) is 29.4 Å². The molecule has 0 radical (unpaired) electrons. The van der Waals surface area contributed by atoms with Crippen molar-refractivity contribution in [3.63, 3.8) is 0 Å². The SMILES string of the molecule is COc1ccc2[nH]c(=O)c([C@H](c3nnnn3C(C)(C)C)N(Cc3ccco3)Cc3cccs3)cc2c1. The molecule has 186 valence electrons. The summed E-state index contributed by atoms with van der Waals surface area (Å²) in [6, 6.07) is 14.8. The van der Waals surface area contributed by atoms with Gasteiger partial charge in [0.15, 0.2) is 5.82 Å². The molecule has 4 heterocycles. The molecule has 0 saturated heterocycles. The molecule has 0 unspecified atom stereocenters. The molecule has 9 nitrogen and oxygen atoms in total. The Morgan fingerprint density at radius 1 is 1.17 bits per heavy atom. The minimum absolute atomic E-state index is 0.197. The average molecular weight is 505 g/mol. The number of nitrogens with zero attached hydrogens (tertiary/aromatic N) is 5. The van der Waals surface area contributed by atoms with E-state index in [9.17, 15) is 4.79 Å². The summed E-state index contributed by atoms with van der Waals surface area (Å²) in [7, 11) is 1.63. The molecule has 1 atom stereocenters. The molecule has 1 N–H and O–H groups in total. The molecule has 0 saturated carbocycles. The highest BCUT2D eigenvalue weighted by atomic mass is 32.1. The number of tetrazole rings is 1. The molecular formula is C26H28N6O3S. The molecule has 5 rings (SSSR count). The number of pyridine rings is 1. The second-order valence-corrected chi connectivity index (χ2v) is 10.6. The number of rotatable bonds is 8. The van der Waals surface area contributed by atoms with Crippen LogP contribution in [0, 0.1) is 0 Å². The molecule has 0 aliphatic carbocycles. The van der Waals surface area contributed by atoms with Gasteiger partial charge in [0.25, 0.3) is 5.56 Å². The topological polar surface area (TPSA) is 102 Å². The Balaban J connectivity index is 1.73. The van der Waals surface area contributed by atoms with Gasteiger partial charge in [0.05, 0.1) is 25.5 Å². The number of hydrogen-bond acceptors (Lipinski definition) is 8. The number of nitrogens with one attached hydrogen (secondary N) is 1. The Morgan fingerprint density at radius 2 is 2.03 bits per heavy atom. The Hall–Kier alpha value is -3.76. The molecule has 0 amide bonds. The number of fused-ring (bicyclic) bond motifs is 1. The Morgan fingerprint density at radius 3 is 2.72 bits per heavy atom. The number of methoxy groups -OCH3 is 1. The monoisotopic (exact) mass is 504 g/mol. The maximum Gasteiger partial charge on any atom is 0.253 e. The number of benzene rings is 1. The van der Waals surface area contributed by atoms with Crippen LogP contribution < -0.4 is 10.3 Å². The predicted octanol–water partition coefficient (Wildman–Crippen LogP) is 4.72. The fourth-order valence-corrected chi connectivity index (χ4v) is 5.05. The van der Waals surface area contributed by atoms with Gasteiger partial charge in [-0.25, -0.2) is 4.68 Å². The van der Waals surface area contributed by atoms with Crippen molar-refractivity contribution in [1.82, 2.24) is 30.1 Å².